The van der Waals surface area contributed by atoms with Crippen LogP contribution in [0.4, 0.5) is 0 Å². The summed E-state index contributed by atoms with van der Waals surface area (Å²) in [6.45, 7) is 2.90. The number of nitrogens with two attached hydrogens (primary N) is 1. The van der Waals surface area contributed by atoms with Crippen LogP contribution in [0.1, 0.15) is 17.0 Å². The molecule has 3 nitrogen and oxygen atoms in total. The lowest BCUT2D eigenvalue weighted by atomic mass is 9.99. The van der Waals surface area contributed by atoms with Crippen LogP contribution in [0.5, 0.6) is 11.5 Å². The van der Waals surface area contributed by atoms with Crippen molar-refractivity contribution in [2.45, 2.75) is 12.8 Å². The number of aromatic hydroxyl groups is 1. The Hall–Kier alpha value is -2.00. The summed E-state index contributed by atoms with van der Waals surface area (Å²) in [4.78, 5) is 0. The third kappa shape index (κ3) is 3.26. The van der Waals surface area contributed by atoms with Crippen LogP contribution in [0.15, 0.2) is 48.5 Å². The van der Waals surface area contributed by atoms with Crippen molar-refractivity contribution in [2.75, 3.05) is 13.2 Å². The van der Waals surface area contributed by atoms with Crippen LogP contribution in [0.3, 0.4) is 0 Å². The monoisotopic (exact) mass is 257 g/mol. The first kappa shape index (κ1) is 13.4. The summed E-state index contributed by atoms with van der Waals surface area (Å²) in [5, 5.41) is 9.85. The Morgan fingerprint density at radius 2 is 1.79 bits per heavy atom. The molecule has 100 valence electrons. The Bertz CT molecular complexity index is 540. The van der Waals surface area contributed by atoms with Gasteiger partial charge >= 0.3 is 0 Å². The lowest BCUT2D eigenvalue weighted by Crippen LogP contribution is -2.20. The van der Waals surface area contributed by atoms with E-state index in [4.69, 9.17) is 10.5 Å². The Morgan fingerprint density at radius 1 is 1.11 bits per heavy atom. The van der Waals surface area contributed by atoms with E-state index in [0.29, 0.717) is 13.2 Å². The molecule has 3 N–H and O–H groups in total. The largest absolute Gasteiger partial charge is 0.508 e. The smallest absolute Gasteiger partial charge is 0.122 e. The van der Waals surface area contributed by atoms with E-state index in [-0.39, 0.29) is 11.7 Å². The molecule has 1 atom stereocenters. The molecule has 0 heterocycles. The molecule has 0 saturated heterocycles. The molecular weight excluding hydrogens is 238 g/mol. The number of rotatable bonds is 5. The zero-order valence-corrected chi connectivity index (χ0v) is 11.0. The maximum Gasteiger partial charge on any atom is 0.122 e. The lowest BCUT2D eigenvalue weighted by molar-refractivity contribution is 0.285. The Morgan fingerprint density at radius 3 is 2.47 bits per heavy atom. The van der Waals surface area contributed by atoms with Crippen molar-refractivity contribution in [1.29, 1.82) is 0 Å². The molecule has 0 aliphatic carbocycles. The number of benzene rings is 2. The highest BCUT2D eigenvalue weighted by atomic mass is 16.5. The van der Waals surface area contributed by atoms with Gasteiger partial charge in [-0.3, -0.25) is 0 Å². The van der Waals surface area contributed by atoms with Crippen molar-refractivity contribution in [2.24, 2.45) is 5.73 Å². The Labute approximate surface area is 113 Å². The van der Waals surface area contributed by atoms with E-state index in [1.54, 1.807) is 12.1 Å². The summed E-state index contributed by atoms with van der Waals surface area (Å²) in [6.07, 6.45) is 0. The van der Waals surface area contributed by atoms with Crippen molar-refractivity contribution in [1.82, 2.24) is 0 Å². The Balaban J connectivity index is 2.09. The van der Waals surface area contributed by atoms with Crippen LogP contribution in [-0.2, 0) is 0 Å². The van der Waals surface area contributed by atoms with Gasteiger partial charge in [-0.15, -0.1) is 0 Å². The second-order valence-electron chi connectivity index (χ2n) is 4.57. The normalized spacial score (nSPS) is 12.1. The molecule has 2 aromatic rings. The number of phenols is 1. The molecule has 2 rings (SSSR count). The van der Waals surface area contributed by atoms with Gasteiger partial charge in [-0.25, -0.2) is 0 Å². The zero-order valence-electron chi connectivity index (χ0n) is 11.0. The van der Waals surface area contributed by atoms with E-state index in [1.165, 1.54) is 0 Å². The van der Waals surface area contributed by atoms with Gasteiger partial charge in [0.15, 0.2) is 0 Å². The highest BCUT2D eigenvalue weighted by molar-refractivity contribution is 5.36. The van der Waals surface area contributed by atoms with E-state index in [0.717, 1.165) is 16.9 Å². The molecule has 0 aliphatic rings. The zero-order chi connectivity index (χ0) is 13.7. The molecule has 0 saturated carbocycles. The minimum atomic E-state index is -0.0131. The molecule has 0 bridgehead atoms. The van der Waals surface area contributed by atoms with Crippen molar-refractivity contribution < 1.29 is 9.84 Å². The molecular formula is C16H19NO2. The van der Waals surface area contributed by atoms with Gasteiger partial charge in [-0.05, 0) is 24.6 Å². The van der Waals surface area contributed by atoms with E-state index in [2.05, 4.69) is 0 Å². The number of ether oxygens (including phenoxy) is 1. The topological polar surface area (TPSA) is 55.5 Å². The van der Waals surface area contributed by atoms with E-state index in [9.17, 15) is 5.11 Å². The summed E-state index contributed by atoms with van der Waals surface area (Å²) < 4.78 is 5.81. The first-order chi connectivity index (χ1) is 9.22. The van der Waals surface area contributed by atoms with Crippen molar-refractivity contribution in [3.8, 4) is 11.5 Å². The molecule has 0 aromatic heterocycles. The third-order valence-electron chi connectivity index (χ3n) is 3.19. The summed E-state index contributed by atoms with van der Waals surface area (Å²) in [5.74, 6) is 1.11. The van der Waals surface area contributed by atoms with E-state index in [1.807, 2.05) is 43.3 Å². The van der Waals surface area contributed by atoms with Crippen molar-refractivity contribution >= 4 is 0 Å². The van der Waals surface area contributed by atoms with Crippen LogP contribution < -0.4 is 10.5 Å². The van der Waals surface area contributed by atoms with Gasteiger partial charge in [0.25, 0.3) is 0 Å². The number of para-hydroxylation sites is 2. The second kappa shape index (κ2) is 6.25. The maximum atomic E-state index is 9.85. The minimum absolute atomic E-state index is 0.0131. The third-order valence-corrected chi connectivity index (χ3v) is 3.19. The molecule has 2 aromatic carbocycles. The molecule has 1 unspecified atom stereocenters. The predicted octanol–water partition coefficient (Wildman–Crippen LogP) is 2.82. The number of hydrogen-bond donors (Lipinski definition) is 2. The highest BCUT2D eigenvalue weighted by Crippen LogP contribution is 2.26. The quantitative estimate of drug-likeness (QED) is 0.866. The van der Waals surface area contributed by atoms with E-state index < -0.39 is 0 Å². The summed E-state index contributed by atoms with van der Waals surface area (Å²) >= 11 is 0. The number of hydrogen-bond acceptors (Lipinski definition) is 3. The van der Waals surface area contributed by atoms with Crippen LogP contribution in [0, 0.1) is 6.92 Å². The summed E-state index contributed by atoms with van der Waals surface area (Å²) in [6, 6.07) is 15.1. The molecule has 0 spiro atoms. The van der Waals surface area contributed by atoms with Gasteiger partial charge in [0.1, 0.15) is 11.5 Å². The van der Waals surface area contributed by atoms with Gasteiger partial charge in [0.05, 0.1) is 6.61 Å². The number of aryl methyl sites for hydroxylation is 1. The first-order valence-corrected chi connectivity index (χ1v) is 6.38. The number of phenolic OH excluding ortho intramolecular Hbond substituents is 1. The van der Waals surface area contributed by atoms with Crippen LogP contribution >= 0.6 is 0 Å². The molecule has 19 heavy (non-hydrogen) atoms. The average Bonchev–Trinajstić information content (AvgIpc) is 2.43. The van der Waals surface area contributed by atoms with Gasteiger partial charge in [0, 0.05) is 18.0 Å². The molecule has 0 aliphatic heterocycles. The average molecular weight is 257 g/mol. The lowest BCUT2D eigenvalue weighted by Gasteiger charge is -2.18. The predicted molar refractivity (Wildman–Crippen MR) is 76.6 cm³/mol. The maximum absolute atomic E-state index is 9.85. The van der Waals surface area contributed by atoms with Crippen LogP contribution in [-0.4, -0.2) is 18.3 Å². The van der Waals surface area contributed by atoms with Crippen LogP contribution in [0.25, 0.3) is 0 Å². The van der Waals surface area contributed by atoms with Crippen molar-refractivity contribution in [3.05, 3.63) is 59.7 Å². The molecule has 0 amide bonds. The van der Waals surface area contributed by atoms with Crippen molar-refractivity contribution in [3.63, 3.8) is 0 Å². The van der Waals surface area contributed by atoms with E-state index >= 15 is 0 Å². The standard InChI is InChI=1S/C16H19NO2/c1-12-6-2-5-9-16(12)19-11-13(10-17)14-7-3-4-8-15(14)18/h2-9,13,18H,10-11,17H2,1H3. The molecule has 3 heteroatoms. The van der Waals surface area contributed by atoms with Crippen LogP contribution in [0.2, 0.25) is 0 Å². The van der Waals surface area contributed by atoms with Gasteiger partial charge < -0.3 is 15.6 Å². The van der Waals surface area contributed by atoms with Gasteiger partial charge in [-0.1, -0.05) is 36.4 Å². The second-order valence-corrected chi connectivity index (χ2v) is 4.57. The summed E-state index contributed by atoms with van der Waals surface area (Å²) in [5.41, 5.74) is 7.71. The minimum Gasteiger partial charge on any atom is -0.508 e. The fraction of sp³-hybridized carbons (Fsp3) is 0.250. The Kier molecular flexibility index (Phi) is 4.42. The highest BCUT2D eigenvalue weighted by Gasteiger charge is 2.14. The summed E-state index contributed by atoms with van der Waals surface area (Å²) in [7, 11) is 0. The fourth-order valence-corrected chi connectivity index (χ4v) is 2.03. The fourth-order valence-electron chi connectivity index (χ4n) is 2.03. The first-order valence-electron chi connectivity index (χ1n) is 6.38. The molecule has 0 radical (unpaired) electrons. The molecule has 0 fully saturated rings. The van der Waals surface area contributed by atoms with Gasteiger partial charge in [-0.2, -0.15) is 0 Å². The SMILES string of the molecule is Cc1ccccc1OCC(CN)c1ccccc1O. The van der Waals surface area contributed by atoms with Gasteiger partial charge in [0.2, 0.25) is 0 Å².